The van der Waals surface area contributed by atoms with E-state index in [4.69, 9.17) is 5.11 Å². The van der Waals surface area contributed by atoms with E-state index in [1.807, 2.05) is 0 Å². The second-order valence-corrected chi connectivity index (χ2v) is 3.46. The fraction of sp³-hybridized carbons (Fsp3) is 0.750. The second-order valence-electron chi connectivity index (χ2n) is 3.46. The molecular formula is C8H13NO3. The van der Waals surface area contributed by atoms with Crippen LogP contribution in [0.1, 0.15) is 26.7 Å². The van der Waals surface area contributed by atoms with Crippen molar-refractivity contribution in [3.8, 4) is 0 Å². The minimum Gasteiger partial charge on any atom is -0.480 e. The number of carbonyl (C=O) groups is 2. The van der Waals surface area contributed by atoms with Crippen LogP contribution in [0.2, 0.25) is 0 Å². The van der Waals surface area contributed by atoms with Gasteiger partial charge in [0.25, 0.3) is 0 Å². The van der Waals surface area contributed by atoms with Crippen molar-refractivity contribution in [3.05, 3.63) is 0 Å². The average Bonchev–Trinajstić information content (AvgIpc) is 2.65. The first-order valence-corrected chi connectivity index (χ1v) is 3.99. The summed E-state index contributed by atoms with van der Waals surface area (Å²) in [5.41, 5.74) is -1.05. The summed E-state index contributed by atoms with van der Waals surface area (Å²) in [6.45, 7) is 2.90. The Morgan fingerprint density at radius 3 is 2.25 bits per heavy atom. The Morgan fingerprint density at radius 1 is 1.50 bits per heavy atom. The van der Waals surface area contributed by atoms with Crippen LogP contribution in [-0.2, 0) is 9.59 Å². The molecule has 1 amide bonds. The third kappa shape index (κ3) is 1.57. The molecule has 0 aliphatic heterocycles. The summed E-state index contributed by atoms with van der Waals surface area (Å²) in [6.07, 6.45) is 1.78. The van der Waals surface area contributed by atoms with Gasteiger partial charge in [0.1, 0.15) is 5.54 Å². The first kappa shape index (κ1) is 9.03. The van der Waals surface area contributed by atoms with Crippen LogP contribution < -0.4 is 5.32 Å². The van der Waals surface area contributed by atoms with Gasteiger partial charge in [-0.1, -0.05) is 0 Å². The molecule has 2 N–H and O–H groups in total. The molecule has 68 valence electrons. The van der Waals surface area contributed by atoms with E-state index < -0.39 is 11.5 Å². The third-order valence-electron chi connectivity index (χ3n) is 2.27. The number of hydrogen-bond acceptors (Lipinski definition) is 2. The first-order valence-electron chi connectivity index (χ1n) is 3.99. The van der Waals surface area contributed by atoms with Gasteiger partial charge in [-0.05, 0) is 25.7 Å². The maximum Gasteiger partial charge on any atom is 0.329 e. The summed E-state index contributed by atoms with van der Waals surface area (Å²) in [4.78, 5) is 21.5. The number of nitrogens with one attached hydrogen (secondary N) is 1. The minimum absolute atomic E-state index is 0.110. The van der Waals surface area contributed by atoms with Crippen molar-refractivity contribution in [2.45, 2.75) is 32.2 Å². The monoisotopic (exact) mass is 171 g/mol. The number of hydrogen-bond donors (Lipinski definition) is 2. The van der Waals surface area contributed by atoms with Gasteiger partial charge in [-0.3, -0.25) is 4.79 Å². The number of carboxylic acids is 1. The number of carboxylic acid groups (broad SMARTS) is 1. The number of carbonyl (C=O) groups excluding carboxylic acids is 1. The molecule has 0 heterocycles. The summed E-state index contributed by atoms with van der Waals surface area (Å²) < 4.78 is 0. The lowest BCUT2D eigenvalue weighted by Crippen LogP contribution is -2.53. The molecule has 1 saturated carbocycles. The summed E-state index contributed by atoms with van der Waals surface area (Å²) >= 11 is 0. The lowest BCUT2D eigenvalue weighted by Gasteiger charge is -2.25. The van der Waals surface area contributed by atoms with Gasteiger partial charge < -0.3 is 10.4 Å². The summed E-state index contributed by atoms with van der Waals surface area (Å²) in [7, 11) is 0. The fourth-order valence-corrected chi connectivity index (χ4v) is 1.36. The van der Waals surface area contributed by atoms with Gasteiger partial charge >= 0.3 is 5.97 Å². The van der Waals surface area contributed by atoms with Crippen LogP contribution >= 0.6 is 0 Å². The molecule has 4 heteroatoms. The highest BCUT2D eigenvalue weighted by atomic mass is 16.4. The van der Waals surface area contributed by atoms with Crippen LogP contribution in [0.25, 0.3) is 0 Å². The highest BCUT2D eigenvalue weighted by Gasteiger charge is 2.48. The molecule has 1 rings (SSSR count). The number of aliphatic carboxylic acids is 1. The Morgan fingerprint density at radius 2 is 2.00 bits per heavy atom. The lowest BCUT2D eigenvalue weighted by molar-refractivity contribution is -0.147. The van der Waals surface area contributed by atoms with E-state index in [1.165, 1.54) is 6.92 Å². The predicted molar refractivity (Wildman–Crippen MR) is 42.6 cm³/mol. The molecule has 0 aromatic carbocycles. The van der Waals surface area contributed by atoms with Crippen molar-refractivity contribution in [2.75, 3.05) is 0 Å². The molecule has 0 aromatic heterocycles. The van der Waals surface area contributed by atoms with Crippen LogP contribution in [0, 0.1) is 5.92 Å². The molecule has 1 aliphatic carbocycles. The minimum atomic E-state index is -1.05. The fourth-order valence-electron chi connectivity index (χ4n) is 1.36. The zero-order valence-corrected chi connectivity index (χ0v) is 7.26. The molecule has 4 nitrogen and oxygen atoms in total. The van der Waals surface area contributed by atoms with Gasteiger partial charge in [0.05, 0.1) is 0 Å². The Hall–Kier alpha value is -1.06. The number of amides is 1. The quantitative estimate of drug-likeness (QED) is 0.645. The van der Waals surface area contributed by atoms with Crippen molar-refractivity contribution < 1.29 is 14.7 Å². The molecule has 0 saturated heterocycles. The number of rotatable bonds is 3. The predicted octanol–water partition coefficient (Wildman–Crippen LogP) is 0.376. The molecule has 1 fully saturated rings. The summed E-state index contributed by atoms with van der Waals surface area (Å²) in [6, 6.07) is 0. The van der Waals surface area contributed by atoms with Crippen molar-refractivity contribution in [1.82, 2.24) is 5.32 Å². The molecule has 12 heavy (non-hydrogen) atoms. The molecular weight excluding hydrogens is 158 g/mol. The zero-order valence-electron chi connectivity index (χ0n) is 7.26. The molecule has 0 radical (unpaired) electrons. The van der Waals surface area contributed by atoms with Gasteiger partial charge in [-0.25, -0.2) is 4.79 Å². The smallest absolute Gasteiger partial charge is 0.329 e. The second kappa shape index (κ2) is 2.77. The average molecular weight is 171 g/mol. The maximum absolute atomic E-state index is 10.8. The van der Waals surface area contributed by atoms with E-state index in [2.05, 4.69) is 5.32 Å². The Bertz CT molecular complexity index is 222. The van der Waals surface area contributed by atoms with Crippen LogP contribution in [0.5, 0.6) is 0 Å². The lowest BCUT2D eigenvalue weighted by atomic mass is 9.96. The van der Waals surface area contributed by atoms with E-state index in [0.29, 0.717) is 0 Å². The highest BCUT2D eigenvalue weighted by molar-refractivity contribution is 5.86. The molecule has 0 bridgehead atoms. The maximum atomic E-state index is 10.8. The zero-order chi connectivity index (χ0) is 9.35. The summed E-state index contributed by atoms with van der Waals surface area (Å²) in [5.74, 6) is -1.12. The Kier molecular flexibility index (Phi) is 2.08. The van der Waals surface area contributed by atoms with Gasteiger partial charge in [0, 0.05) is 6.92 Å². The Labute approximate surface area is 71.0 Å². The van der Waals surface area contributed by atoms with Crippen LogP contribution in [0.4, 0.5) is 0 Å². The SMILES string of the molecule is CC(=O)N[C@@](C)(C(=O)O)C1CC1. The molecule has 1 aliphatic rings. The third-order valence-corrected chi connectivity index (χ3v) is 2.27. The molecule has 0 aromatic rings. The Balaban J connectivity index is 2.71. The highest BCUT2D eigenvalue weighted by Crippen LogP contribution is 2.39. The van der Waals surface area contributed by atoms with E-state index >= 15 is 0 Å². The van der Waals surface area contributed by atoms with Crippen molar-refractivity contribution >= 4 is 11.9 Å². The molecule has 0 spiro atoms. The molecule has 1 atom stereocenters. The van der Waals surface area contributed by atoms with Crippen LogP contribution in [0.15, 0.2) is 0 Å². The van der Waals surface area contributed by atoms with Gasteiger partial charge in [0.2, 0.25) is 5.91 Å². The van der Waals surface area contributed by atoms with E-state index in [9.17, 15) is 9.59 Å². The normalized spacial score (nSPS) is 21.2. The van der Waals surface area contributed by atoms with E-state index in [1.54, 1.807) is 6.92 Å². The molecule has 0 unspecified atom stereocenters. The van der Waals surface area contributed by atoms with Crippen molar-refractivity contribution in [3.63, 3.8) is 0 Å². The standard InChI is InChI=1S/C8H13NO3/c1-5(10)9-8(2,7(11)12)6-3-4-6/h6H,3-4H2,1-2H3,(H,9,10)(H,11,12)/t8-/m1/s1. The summed E-state index contributed by atoms with van der Waals surface area (Å²) in [5, 5.41) is 11.4. The van der Waals surface area contributed by atoms with E-state index in [-0.39, 0.29) is 11.8 Å². The largest absolute Gasteiger partial charge is 0.480 e. The first-order chi connectivity index (χ1) is 5.47. The van der Waals surface area contributed by atoms with Crippen molar-refractivity contribution in [1.29, 1.82) is 0 Å². The van der Waals surface area contributed by atoms with E-state index in [0.717, 1.165) is 12.8 Å². The van der Waals surface area contributed by atoms with Gasteiger partial charge in [0.15, 0.2) is 0 Å². The van der Waals surface area contributed by atoms with Crippen molar-refractivity contribution in [2.24, 2.45) is 5.92 Å². The van der Waals surface area contributed by atoms with Crippen LogP contribution in [-0.4, -0.2) is 22.5 Å². The topological polar surface area (TPSA) is 66.4 Å². The van der Waals surface area contributed by atoms with Gasteiger partial charge in [-0.2, -0.15) is 0 Å². The van der Waals surface area contributed by atoms with Gasteiger partial charge in [-0.15, -0.1) is 0 Å². The van der Waals surface area contributed by atoms with Crippen LogP contribution in [0.3, 0.4) is 0 Å².